The number of phenols is 1. The van der Waals surface area contributed by atoms with Gasteiger partial charge in [0.25, 0.3) is 5.91 Å². The van der Waals surface area contributed by atoms with E-state index in [9.17, 15) is 9.90 Å². The van der Waals surface area contributed by atoms with Gasteiger partial charge in [0.15, 0.2) is 0 Å². The molecule has 2 aromatic carbocycles. The Balaban J connectivity index is 1.11. The van der Waals surface area contributed by atoms with Crippen LogP contribution >= 0.6 is 23.2 Å². The third-order valence-electron chi connectivity index (χ3n) is 7.17. The molecule has 5 rings (SSSR count). The SMILES string of the molecule is Cc1ccc(C(=O)N2CC3(CCC(Nc4cnn(Cc5ccc(Cl)c(Cl)c5)c4)CC3)C2)cc1O. The highest BCUT2D eigenvalue weighted by Gasteiger charge is 2.47. The Morgan fingerprint density at radius 3 is 2.62 bits per heavy atom. The van der Waals surface area contributed by atoms with Crippen molar-refractivity contribution in [1.29, 1.82) is 0 Å². The van der Waals surface area contributed by atoms with Crippen LogP contribution in [0.2, 0.25) is 10.0 Å². The third kappa shape index (κ3) is 4.75. The van der Waals surface area contributed by atoms with Gasteiger partial charge in [-0.25, -0.2) is 0 Å². The molecule has 8 heteroatoms. The van der Waals surface area contributed by atoms with E-state index in [0.717, 1.165) is 55.6 Å². The molecule has 2 heterocycles. The number of carbonyl (C=O) groups excluding carboxylic acids is 1. The fourth-order valence-corrected chi connectivity index (χ4v) is 5.43. The summed E-state index contributed by atoms with van der Waals surface area (Å²) in [4.78, 5) is 14.7. The van der Waals surface area contributed by atoms with Crippen molar-refractivity contribution in [2.75, 3.05) is 18.4 Å². The van der Waals surface area contributed by atoms with Crippen molar-refractivity contribution < 1.29 is 9.90 Å². The van der Waals surface area contributed by atoms with E-state index in [2.05, 4.69) is 10.4 Å². The molecular formula is C26H28Cl2N4O2. The van der Waals surface area contributed by atoms with E-state index < -0.39 is 0 Å². The minimum absolute atomic E-state index is 0.00978. The van der Waals surface area contributed by atoms with Crippen molar-refractivity contribution in [1.82, 2.24) is 14.7 Å². The molecule has 2 fully saturated rings. The fraction of sp³-hybridized carbons (Fsp3) is 0.385. The van der Waals surface area contributed by atoms with Gasteiger partial charge in [0.2, 0.25) is 0 Å². The lowest BCUT2D eigenvalue weighted by Gasteiger charge is -2.53. The third-order valence-corrected chi connectivity index (χ3v) is 7.91. The Labute approximate surface area is 209 Å². The summed E-state index contributed by atoms with van der Waals surface area (Å²) in [5.74, 6) is 0.184. The highest BCUT2D eigenvalue weighted by Crippen LogP contribution is 2.45. The predicted molar refractivity (Wildman–Crippen MR) is 135 cm³/mol. The first-order chi connectivity index (χ1) is 16.3. The Hall–Kier alpha value is -2.70. The molecule has 1 amide bonds. The maximum absolute atomic E-state index is 12.8. The number of hydrogen-bond donors (Lipinski definition) is 2. The van der Waals surface area contributed by atoms with Crippen LogP contribution in [-0.2, 0) is 6.54 Å². The Kier molecular flexibility index (Phi) is 6.21. The Bertz CT molecular complexity index is 1210. The van der Waals surface area contributed by atoms with Gasteiger partial charge < -0.3 is 15.3 Å². The van der Waals surface area contributed by atoms with E-state index in [1.54, 1.807) is 24.3 Å². The van der Waals surface area contributed by atoms with Gasteiger partial charge in [0, 0.05) is 36.3 Å². The van der Waals surface area contributed by atoms with Gasteiger partial charge in [0.1, 0.15) is 5.75 Å². The van der Waals surface area contributed by atoms with Crippen molar-refractivity contribution in [2.24, 2.45) is 5.41 Å². The molecule has 6 nitrogen and oxygen atoms in total. The van der Waals surface area contributed by atoms with Gasteiger partial charge in [-0.15, -0.1) is 0 Å². The van der Waals surface area contributed by atoms with E-state index in [4.69, 9.17) is 23.2 Å². The second-order valence-electron chi connectivity index (χ2n) is 9.76. The highest BCUT2D eigenvalue weighted by atomic mass is 35.5. The van der Waals surface area contributed by atoms with Crippen molar-refractivity contribution in [3.63, 3.8) is 0 Å². The number of aromatic nitrogens is 2. The summed E-state index contributed by atoms with van der Waals surface area (Å²) in [5.41, 5.74) is 3.64. The number of likely N-dealkylation sites (tertiary alicyclic amines) is 1. The van der Waals surface area contributed by atoms with Crippen LogP contribution in [-0.4, -0.2) is 44.8 Å². The smallest absolute Gasteiger partial charge is 0.254 e. The van der Waals surface area contributed by atoms with Gasteiger partial charge in [-0.05, 0) is 68.0 Å². The summed E-state index contributed by atoms with van der Waals surface area (Å²) in [6, 6.07) is 11.2. The van der Waals surface area contributed by atoms with Crippen LogP contribution in [0, 0.1) is 12.3 Å². The fourth-order valence-electron chi connectivity index (χ4n) is 5.11. The Morgan fingerprint density at radius 2 is 1.91 bits per heavy atom. The molecule has 1 aliphatic heterocycles. The lowest BCUT2D eigenvalue weighted by molar-refractivity contribution is -0.0171. The molecule has 0 atom stereocenters. The van der Waals surface area contributed by atoms with Crippen LogP contribution in [0.3, 0.4) is 0 Å². The summed E-state index contributed by atoms with van der Waals surface area (Å²) in [7, 11) is 0. The normalized spacial score (nSPS) is 17.6. The van der Waals surface area contributed by atoms with Crippen LogP contribution < -0.4 is 5.32 Å². The van der Waals surface area contributed by atoms with E-state index in [-0.39, 0.29) is 17.1 Å². The molecule has 1 saturated carbocycles. The maximum Gasteiger partial charge on any atom is 0.254 e. The van der Waals surface area contributed by atoms with Crippen molar-refractivity contribution in [3.05, 3.63) is 75.5 Å². The molecule has 3 aromatic rings. The molecule has 0 bridgehead atoms. The van der Waals surface area contributed by atoms with E-state index >= 15 is 0 Å². The second-order valence-corrected chi connectivity index (χ2v) is 10.6. The summed E-state index contributed by atoms with van der Waals surface area (Å²) >= 11 is 12.1. The number of hydrogen-bond acceptors (Lipinski definition) is 4. The molecule has 1 aliphatic carbocycles. The summed E-state index contributed by atoms with van der Waals surface area (Å²) in [6.45, 7) is 4.06. The lowest BCUT2D eigenvalue weighted by Crippen LogP contribution is -2.60. The summed E-state index contributed by atoms with van der Waals surface area (Å²) in [6.07, 6.45) is 8.24. The number of rotatable bonds is 5. The van der Waals surface area contributed by atoms with Crippen LogP contribution in [0.15, 0.2) is 48.8 Å². The number of anilines is 1. The van der Waals surface area contributed by atoms with Crippen LogP contribution in [0.5, 0.6) is 5.75 Å². The van der Waals surface area contributed by atoms with Gasteiger partial charge in [-0.3, -0.25) is 9.48 Å². The first-order valence-electron chi connectivity index (χ1n) is 11.6. The minimum atomic E-state index is 0.00978. The van der Waals surface area contributed by atoms with Gasteiger partial charge in [-0.1, -0.05) is 35.3 Å². The second kappa shape index (κ2) is 9.16. The molecule has 2 N–H and O–H groups in total. The molecule has 1 aromatic heterocycles. The summed E-state index contributed by atoms with van der Waals surface area (Å²) < 4.78 is 1.89. The van der Waals surface area contributed by atoms with E-state index in [0.29, 0.717) is 28.2 Å². The quantitative estimate of drug-likeness (QED) is 0.469. The average Bonchev–Trinajstić information content (AvgIpc) is 3.23. The van der Waals surface area contributed by atoms with Crippen molar-refractivity contribution in [2.45, 2.75) is 45.2 Å². The topological polar surface area (TPSA) is 70.4 Å². The number of nitrogens with one attached hydrogen (secondary N) is 1. The van der Waals surface area contributed by atoms with E-state index in [1.807, 2.05) is 41.0 Å². The van der Waals surface area contributed by atoms with Gasteiger partial charge in [0.05, 0.1) is 28.5 Å². The number of amides is 1. The highest BCUT2D eigenvalue weighted by molar-refractivity contribution is 6.42. The van der Waals surface area contributed by atoms with Crippen LogP contribution in [0.4, 0.5) is 5.69 Å². The predicted octanol–water partition coefficient (Wildman–Crippen LogP) is 5.75. The van der Waals surface area contributed by atoms with Gasteiger partial charge >= 0.3 is 0 Å². The number of phenolic OH excluding ortho intramolecular Hbond substituents is 1. The number of benzene rings is 2. The largest absolute Gasteiger partial charge is 0.508 e. The molecule has 2 aliphatic rings. The first-order valence-corrected chi connectivity index (χ1v) is 12.4. The van der Waals surface area contributed by atoms with Crippen molar-refractivity contribution in [3.8, 4) is 5.75 Å². The molecule has 178 valence electrons. The monoisotopic (exact) mass is 498 g/mol. The molecule has 0 radical (unpaired) electrons. The minimum Gasteiger partial charge on any atom is -0.508 e. The lowest BCUT2D eigenvalue weighted by atomic mass is 9.67. The zero-order chi connectivity index (χ0) is 23.9. The van der Waals surface area contributed by atoms with Crippen molar-refractivity contribution >= 4 is 34.8 Å². The van der Waals surface area contributed by atoms with Crippen LogP contribution in [0.25, 0.3) is 0 Å². The summed E-state index contributed by atoms with van der Waals surface area (Å²) in [5, 5.41) is 19.1. The average molecular weight is 499 g/mol. The van der Waals surface area contributed by atoms with Crippen LogP contribution in [0.1, 0.15) is 47.2 Å². The standard InChI is InChI=1S/C26H28Cl2N4O2/c1-17-2-4-19(11-24(17)33)25(34)31-15-26(16-31)8-6-20(7-9-26)30-21-12-29-32(14-21)13-18-3-5-22(27)23(28)10-18/h2-5,10-12,14,20,30,33H,6-9,13,15-16H2,1H3. The molecule has 0 unspecified atom stereocenters. The number of halogens is 2. The van der Waals surface area contributed by atoms with E-state index in [1.165, 1.54) is 0 Å². The Morgan fingerprint density at radius 1 is 1.15 bits per heavy atom. The number of aryl methyl sites for hydroxylation is 1. The zero-order valence-electron chi connectivity index (χ0n) is 19.1. The maximum atomic E-state index is 12.8. The molecular weight excluding hydrogens is 471 g/mol. The molecule has 1 saturated heterocycles. The number of nitrogens with zero attached hydrogens (tertiary/aromatic N) is 3. The van der Waals surface area contributed by atoms with Gasteiger partial charge in [-0.2, -0.15) is 5.10 Å². The molecule has 1 spiro atoms. The number of aromatic hydroxyl groups is 1. The zero-order valence-corrected chi connectivity index (χ0v) is 20.6. The number of carbonyl (C=O) groups is 1. The first kappa shape index (κ1) is 23.1. The molecule has 34 heavy (non-hydrogen) atoms.